The summed E-state index contributed by atoms with van der Waals surface area (Å²) in [5.74, 6) is 1.11. The first kappa shape index (κ1) is 20.9. The van der Waals surface area contributed by atoms with E-state index in [9.17, 15) is 14.9 Å². The fraction of sp³-hybridized carbons (Fsp3) is 0.174. The van der Waals surface area contributed by atoms with Gasteiger partial charge in [-0.1, -0.05) is 24.3 Å². The van der Waals surface area contributed by atoms with Crippen LogP contribution in [0.1, 0.15) is 33.1 Å². The van der Waals surface area contributed by atoms with Crippen LogP contribution in [0.15, 0.2) is 66.7 Å². The minimum atomic E-state index is -0.480. The first-order valence-corrected chi connectivity index (χ1v) is 9.26. The van der Waals surface area contributed by atoms with Gasteiger partial charge in [-0.25, -0.2) is 0 Å². The maximum Gasteiger partial charge on any atom is 0.269 e. The Morgan fingerprint density at radius 2 is 1.40 bits per heavy atom. The van der Waals surface area contributed by atoms with Crippen LogP contribution in [0.25, 0.3) is 0 Å². The van der Waals surface area contributed by atoms with Crippen LogP contribution in [-0.4, -0.2) is 25.1 Å². The number of hydrogen-bond donors (Lipinski definition) is 1. The van der Waals surface area contributed by atoms with E-state index in [0.717, 1.165) is 11.1 Å². The molecule has 0 saturated heterocycles. The van der Waals surface area contributed by atoms with Crippen molar-refractivity contribution >= 4 is 11.6 Å². The lowest BCUT2D eigenvalue weighted by molar-refractivity contribution is -0.384. The third-order valence-corrected chi connectivity index (χ3v) is 4.84. The van der Waals surface area contributed by atoms with Gasteiger partial charge in [0.15, 0.2) is 0 Å². The lowest BCUT2D eigenvalue weighted by atomic mass is 9.97. The Morgan fingerprint density at radius 3 is 1.80 bits per heavy atom. The molecule has 1 amide bonds. The quantitative estimate of drug-likeness (QED) is 0.463. The van der Waals surface area contributed by atoms with Gasteiger partial charge in [0.25, 0.3) is 11.6 Å². The van der Waals surface area contributed by atoms with Gasteiger partial charge in [0.05, 0.1) is 25.2 Å². The number of non-ortho nitro benzene ring substituents is 1. The van der Waals surface area contributed by atoms with Crippen LogP contribution in [0.5, 0.6) is 11.5 Å². The highest BCUT2D eigenvalue weighted by atomic mass is 16.6. The number of nitro groups is 1. The Labute approximate surface area is 174 Å². The molecule has 0 heterocycles. The molecule has 0 atom stereocenters. The zero-order valence-electron chi connectivity index (χ0n) is 16.9. The van der Waals surface area contributed by atoms with E-state index in [0.29, 0.717) is 22.6 Å². The number of ether oxygens (including phenoxy) is 2. The van der Waals surface area contributed by atoms with Gasteiger partial charge >= 0.3 is 0 Å². The highest BCUT2D eigenvalue weighted by molar-refractivity contribution is 5.96. The van der Waals surface area contributed by atoms with Gasteiger partial charge in [-0.05, 0) is 53.9 Å². The molecule has 0 unspecified atom stereocenters. The molecule has 3 aromatic carbocycles. The Balaban J connectivity index is 1.95. The van der Waals surface area contributed by atoms with E-state index < -0.39 is 11.0 Å². The molecule has 0 aromatic heterocycles. The summed E-state index contributed by atoms with van der Waals surface area (Å²) in [7, 11) is 3.18. The molecule has 1 N–H and O–H groups in total. The van der Waals surface area contributed by atoms with Gasteiger partial charge in [0.2, 0.25) is 0 Å². The number of carbonyl (C=O) groups is 1. The molecule has 3 aromatic rings. The average Bonchev–Trinajstić information content (AvgIpc) is 2.77. The Morgan fingerprint density at radius 1 is 0.900 bits per heavy atom. The lowest BCUT2D eigenvalue weighted by Gasteiger charge is -2.21. The van der Waals surface area contributed by atoms with Crippen molar-refractivity contribution in [3.63, 3.8) is 0 Å². The highest BCUT2D eigenvalue weighted by Gasteiger charge is 2.20. The molecule has 154 valence electrons. The summed E-state index contributed by atoms with van der Waals surface area (Å²) in [6.45, 7) is 1.68. The number of nitro benzene ring substituents is 1. The summed E-state index contributed by atoms with van der Waals surface area (Å²) in [6, 6.07) is 18.6. The van der Waals surface area contributed by atoms with Gasteiger partial charge in [-0.15, -0.1) is 0 Å². The van der Waals surface area contributed by atoms with Crippen LogP contribution in [0.3, 0.4) is 0 Å². The normalized spacial score (nSPS) is 10.5. The number of amides is 1. The fourth-order valence-electron chi connectivity index (χ4n) is 3.18. The van der Waals surface area contributed by atoms with E-state index in [1.54, 1.807) is 21.1 Å². The molecule has 7 heteroatoms. The SMILES string of the molecule is COc1ccc(C(NC(=O)c2ccc([N+](=O)[O-])cc2C)c2ccc(OC)cc2)cc1. The van der Waals surface area contributed by atoms with Crippen LogP contribution in [0.4, 0.5) is 5.69 Å². The molecular weight excluding hydrogens is 384 g/mol. The van der Waals surface area contributed by atoms with E-state index in [-0.39, 0.29) is 11.6 Å². The van der Waals surface area contributed by atoms with Crippen LogP contribution in [-0.2, 0) is 0 Å². The maximum atomic E-state index is 13.0. The van der Waals surface area contributed by atoms with Crippen LogP contribution in [0, 0.1) is 17.0 Å². The van der Waals surface area contributed by atoms with Gasteiger partial charge < -0.3 is 14.8 Å². The number of aryl methyl sites for hydroxylation is 1. The van der Waals surface area contributed by atoms with Crippen molar-refractivity contribution in [1.29, 1.82) is 0 Å². The second kappa shape index (κ2) is 9.09. The molecule has 0 bridgehead atoms. The lowest BCUT2D eigenvalue weighted by Crippen LogP contribution is -2.29. The second-order valence-corrected chi connectivity index (χ2v) is 6.71. The smallest absolute Gasteiger partial charge is 0.269 e. The molecule has 0 spiro atoms. The van der Waals surface area contributed by atoms with E-state index in [1.165, 1.54) is 18.2 Å². The number of nitrogens with one attached hydrogen (secondary N) is 1. The van der Waals surface area contributed by atoms with Gasteiger partial charge in [-0.2, -0.15) is 0 Å². The number of rotatable bonds is 7. The summed E-state index contributed by atoms with van der Waals surface area (Å²) in [5.41, 5.74) is 2.60. The zero-order valence-corrected chi connectivity index (χ0v) is 16.9. The standard InChI is InChI=1S/C23H22N2O5/c1-15-14-18(25(27)28)8-13-21(15)23(26)24-22(16-4-9-19(29-2)10-5-16)17-6-11-20(30-3)12-7-17/h4-14,22H,1-3H3,(H,24,26). The first-order valence-electron chi connectivity index (χ1n) is 9.26. The third kappa shape index (κ3) is 4.57. The van der Waals surface area contributed by atoms with Gasteiger partial charge in [0.1, 0.15) is 11.5 Å². The second-order valence-electron chi connectivity index (χ2n) is 6.71. The van der Waals surface area contributed by atoms with Crippen molar-refractivity contribution in [3.05, 3.63) is 99.1 Å². The summed E-state index contributed by atoms with van der Waals surface area (Å²) in [5, 5.41) is 14.0. The highest BCUT2D eigenvalue weighted by Crippen LogP contribution is 2.27. The monoisotopic (exact) mass is 406 g/mol. The van der Waals surface area contributed by atoms with Crippen molar-refractivity contribution in [2.75, 3.05) is 14.2 Å². The number of hydrogen-bond acceptors (Lipinski definition) is 5. The van der Waals surface area contributed by atoms with E-state index >= 15 is 0 Å². The number of nitrogens with zero attached hydrogens (tertiary/aromatic N) is 1. The molecule has 0 saturated carbocycles. The van der Waals surface area contributed by atoms with Crippen LogP contribution >= 0.6 is 0 Å². The predicted octanol–water partition coefficient (Wildman–Crippen LogP) is 4.44. The number of methoxy groups -OCH3 is 2. The average molecular weight is 406 g/mol. The van der Waals surface area contributed by atoms with E-state index in [2.05, 4.69) is 5.32 Å². The Hall–Kier alpha value is -3.87. The number of carbonyl (C=O) groups excluding carboxylic acids is 1. The molecule has 0 aliphatic carbocycles. The maximum absolute atomic E-state index is 13.0. The summed E-state index contributed by atoms with van der Waals surface area (Å²) in [4.78, 5) is 23.5. The molecular formula is C23H22N2O5. The molecule has 3 rings (SSSR count). The van der Waals surface area contributed by atoms with Gasteiger partial charge in [0, 0.05) is 17.7 Å². The summed E-state index contributed by atoms with van der Waals surface area (Å²) < 4.78 is 10.4. The van der Waals surface area contributed by atoms with Crippen molar-refractivity contribution < 1.29 is 19.2 Å². The topological polar surface area (TPSA) is 90.7 Å². The molecule has 7 nitrogen and oxygen atoms in total. The number of benzene rings is 3. The Kier molecular flexibility index (Phi) is 6.32. The molecule has 30 heavy (non-hydrogen) atoms. The molecule has 0 aliphatic heterocycles. The van der Waals surface area contributed by atoms with Crippen molar-refractivity contribution in [1.82, 2.24) is 5.32 Å². The van der Waals surface area contributed by atoms with E-state index in [4.69, 9.17) is 9.47 Å². The van der Waals surface area contributed by atoms with E-state index in [1.807, 2.05) is 48.5 Å². The molecule has 0 aliphatic rings. The van der Waals surface area contributed by atoms with Crippen LogP contribution in [0.2, 0.25) is 0 Å². The van der Waals surface area contributed by atoms with Crippen molar-refractivity contribution in [2.24, 2.45) is 0 Å². The summed E-state index contributed by atoms with van der Waals surface area (Å²) in [6.07, 6.45) is 0. The first-order chi connectivity index (χ1) is 14.4. The zero-order chi connectivity index (χ0) is 21.7. The Bertz CT molecular complexity index is 999. The fourth-order valence-corrected chi connectivity index (χ4v) is 3.18. The largest absolute Gasteiger partial charge is 0.497 e. The van der Waals surface area contributed by atoms with Crippen molar-refractivity contribution in [2.45, 2.75) is 13.0 Å². The van der Waals surface area contributed by atoms with Crippen molar-refractivity contribution in [3.8, 4) is 11.5 Å². The minimum absolute atomic E-state index is 0.0501. The minimum Gasteiger partial charge on any atom is -0.497 e. The molecule has 0 radical (unpaired) electrons. The third-order valence-electron chi connectivity index (χ3n) is 4.84. The molecule has 0 fully saturated rings. The van der Waals surface area contributed by atoms with Crippen LogP contribution < -0.4 is 14.8 Å². The van der Waals surface area contributed by atoms with Gasteiger partial charge in [-0.3, -0.25) is 14.9 Å². The summed E-state index contributed by atoms with van der Waals surface area (Å²) >= 11 is 0. The predicted molar refractivity (Wildman–Crippen MR) is 113 cm³/mol.